The van der Waals surface area contributed by atoms with Gasteiger partial charge in [-0.1, -0.05) is 6.07 Å². The lowest BCUT2D eigenvalue weighted by Crippen LogP contribution is -2.27. The van der Waals surface area contributed by atoms with E-state index in [0.717, 1.165) is 17.7 Å². The maximum atomic E-state index is 13.9. The lowest BCUT2D eigenvalue weighted by molar-refractivity contribution is -0.121. The Hall–Kier alpha value is -3.42. The summed E-state index contributed by atoms with van der Waals surface area (Å²) >= 11 is 0. The molecule has 1 aromatic heterocycles. The molecule has 1 aliphatic heterocycles. The lowest BCUT2D eigenvalue weighted by atomic mass is 10.1. The molecule has 0 fully saturated rings. The zero-order chi connectivity index (χ0) is 21.1. The van der Waals surface area contributed by atoms with Crippen LogP contribution in [-0.2, 0) is 11.2 Å². The summed E-state index contributed by atoms with van der Waals surface area (Å²) in [5, 5.41) is 2.92. The Bertz CT molecular complexity index is 1070. The van der Waals surface area contributed by atoms with Gasteiger partial charge in [0.25, 0.3) is 0 Å². The second kappa shape index (κ2) is 8.52. The molecule has 1 atom stereocenters. The van der Waals surface area contributed by atoms with Crippen LogP contribution in [0.15, 0.2) is 47.0 Å². The van der Waals surface area contributed by atoms with Crippen molar-refractivity contribution >= 4 is 5.91 Å². The number of ether oxygens (including phenoxy) is 2. The Morgan fingerprint density at radius 2 is 1.93 bits per heavy atom. The minimum Gasteiger partial charge on any atom is -0.486 e. The van der Waals surface area contributed by atoms with Crippen LogP contribution < -0.4 is 14.8 Å². The van der Waals surface area contributed by atoms with Crippen LogP contribution in [0.3, 0.4) is 0 Å². The van der Waals surface area contributed by atoms with Gasteiger partial charge in [-0.05, 0) is 36.8 Å². The number of aryl methyl sites for hydroxylation is 1. The largest absolute Gasteiger partial charge is 0.486 e. The fourth-order valence-electron chi connectivity index (χ4n) is 3.19. The number of amides is 1. The molecule has 0 spiro atoms. The molecule has 0 saturated heterocycles. The van der Waals surface area contributed by atoms with Gasteiger partial charge in [-0.3, -0.25) is 4.79 Å². The number of carbonyl (C=O) groups is 1. The number of halogens is 2. The Balaban J connectivity index is 1.33. The van der Waals surface area contributed by atoms with E-state index in [1.165, 1.54) is 12.3 Å². The minimum absolute atomic E-state index is 0.117. The summed E-state index contributed by atoms with van der Waals surface area (Å²) in [4.78, 5) is 16.4. The van der Waals surface area contributed by atoms with E-state index in [-0.39, 0.29) is 36.1 Å². The molecule has 0 saturated carbocycles. The molecule has 8 heteroatoms. The standard InChI is InChI=1S/C22H20F2N2O4/c1-13(14-2-5-18-19(10-14)29-9-8-28-18)26-21(27)6-7-22-25-12-20(30-22)16-4-3-15(23)11-17(16)24/h2-5,10-13H,6-9H2,1H3,(H,26,27). The Morgan fingerprint density at radius 3 is 2.73 bits per heavy atom. The summed E-state index contributed by atoms with van der Waals surface area (Å²) in [6.07, 6.45) is 1.77. The maximum absolute atomic E-state index is 13.9. The van der Waals surface area contributed by atoms with Crippen molar-refractivity contribution in [3.05, 3.63) is 65.7 Å². The van der Waals surface area contributed by atoms with Crippen LogP contribution in [-0.4, -0.2) is 24.1 Å². The average molecular weight is 414 g/mol. The van der Waals surface area contributed by atoms with Gasteiger partial charge in [0, 0.05) is 18.9 Å². The molecule has 2 aromatic carbocycles. The number of fused-ring (bicyclic) bond motifs is 1. The Labute approximate surface area is 171 Å². The molecule has 0 aliphatic carbocycles. The van der Waals surface area contributed by atoms with E-state index in [1.807, 2.05) is 25.1 Å². The van der Waals surface area contributed by atoms with Crippen molar-refractivity contribution in [1.82, 2.24) is 10.3 Å². The van der Waals surface area contributed by atoms with Crippen LogP contribution in [0.25, 0.3) is 11.3 Å². The molecule has 6 nitrogen and oxygen atoms in total. The molecule has 3 aromatic rings. The number of nitrogens with one attached hydrogen (secondary N) is 1. The van der Waals surface area contributed by atoms with Crippen LogP contribution in [0, 0.1) is 11.6 Å². The van der Waals surface area contributed by atoms with E-state index >= 15 is 0 Å². The highest BCUT2D eigenvalue weighted by molar-refractivity contribution is 5.76. The highest BCUT2D eigenvalue weighted by Gasteiger charge is 2.17. The molecule has 0 bridgehead atoms. The number of aromatic nitrogens is 1. The van der Waals surface area contributed by atoms with Crippen molar-refractivity contribution < 1.29 is 27.5 Å². The van der Waals surface area contributed by atoms with Crippen molar-refractivity contribution in [1.29, 1.82) is 0 Å². The van der Waals surface area contributed by atoms with Gasteiger partial charge in [0.1, 0.15) is 24.8 Å². The molecule has 156 valence electrons. The first-order chi connectivity index (χ1) is 14.5. The average Bonchev–Trinajstić information content (AvgIpc) is 3.20. The van der Waals surface area contributed by atoms with Gasteiger partial charge in [-0.2, -0.15) is 0 Å². The van der Waals surface area contributed by atoms with Crippen LogP contribution >= 0.6 is 0 Å². The van der Waals surface area contributed by atoms with E-state index in [9.17, 15) is 13.6 Å². The summed E-state index contributed by atoms with van der Waals surface area (Å²) in [7, 11) is 0. The number of hydrogen-bond acceptors (Lipinski definition) is 5. The third kappa shape index (κ3) is 4.42. The van der Waals surface area contributed by atoms with Gasteiger partial charge in [-0.25, -0.2) is 13.8 Å². The van der Waals surface area contributed by atoms with Gasteiger partial charge in [0.2, 0.25) is 5.91 Å². The van der Waals surface area contributed by atoms with E-state index in [1.54, 1.807) is 0 Å². The minimum atomic E-state index is -0.733. The summed E-state index contributed by atoms with van der Waals surface area (Å²) < 4.78 is 43.5. The zero-order valence-electron chi connectivity index (χ0n) is 16.3. The summed E-state index contributed by atoms with van der Waals surface area (Å²) in [6.45, 7) is 2.90. The van der Waals surface area contributed by atoms with Crippen LogP contribution in [0.2, 0.25) is 0 Å². The first-order valence-corrected chi connectivity index (χ1v) is 9.58. The molecule has 2 heterocycles. The van der Waals surface area contributed by atoms with Gasteiger partial charge >= 0.3 is 0 Å². The van der Waals surface area contributed by atoms with Crippen molar-refractivity contribution in [2.75, 3.05) is 13.2 Å². The molecule has 4 rings (SSSR count). The van der Waals surface area contributed by atoms with Crippen molar-refractivity contribution in [2.45, 2.75) is 25.8 Å². The predicted molar refractivity (Wildman–Crippen MR) is 104 cm³/mol. The fraction of sp³-hybridized carbons (Fsp3) is 0.273. The van der Waals surface area contributed by atoms with Gasteiger partial charge in [0.15, 0.2) is 23.1 Å². The zero-order valence-corrected chi connectivity index (χ0v) is 16.3. The number of hydrogen-bond donors (Lipinski definition) is 1. The van der Waals surface area contributed by atoms with E-state index < -0.39 is 11.6 Å². The smallest absolute Gasteiger partial charge is 0.220 e. The second-order valence-corrected chi connectivity index (χ2v) is 6.93. The first kappa shape index (κ1) is 19.9. The molecule has 30 heavy (non-hydrogen) atoms. The summed E-state index contributed by atoms with van der Waals surface area (Å²) in [5.41, 5.74) is 1.02. The van der Waals surface area contributed by atoms with Gasteiger partial charge in [0.05, 0.1) is 17.8 Å². The third-order valence-corrected chi connectivity index (χ3v) is 4.76. The van der Waals surface area contributed by atoms with E-state index in [0.29, 0.717) is 30.6 Å². The quantitative estimate of drug-likeness (QED) is 0.654. The number of nitrogens with zero attached hydrogens (tertiary/aromatic N) is 1. The summed E-state index contributed by atoms with van der Waals surface area (Å²) in [5.74, 6) is 0.276. The Morgan fingerprint density at radius 1 is 1.13 bits per heavy atom. The van der Waals surface area contributed by atoms with Crippen LogP contribution in [0.1, 0.15) is 30.8 Å². The van der Waals surface area contributed by atoms with Crippen molar-refractivity contribution in [3.63, 3.8) is 0 Å². The maximum Gasteiger partial charge on any atom is 0.220 e. The fourth-order valence-corrected chi connectivity index (χ4v) is 3.19. The monoisotopic (exact) mass is 414 g/mol. The molecule has 1 amide bonds. The number of carbonyl (C=O) groups excluding carboxylic acids is 1. The van der Waals surface area contributed by atoms with Crippen LogP contribution in [0.5, 0.6) is 11.5 Å². The van der Waals surface area contributed by atoms with Crippen molar-refractivity contribution in [2.24, 2.45) is 0 Å². The highest BCUT2D eigenvalue weighted by atomic mass is 19.1. The number of rotatable bonds is 6. The molecule has 0 radical (unpaired) electrons. The van der Waals surface area contributed by atoms with E-state index in [2.05, 4.69) is 10.3 Å². The molecular formula is C22H20F2N2O4. The SMILES string of the molecule is CC(NC(=O)CCc1ncc(-c2ccc(F)cc2F)o1)c1ccc2c(c1)OCCO2. The summed E-state index contributed by atoms with van der Waals surface area (Å²) in [6, 6.07) is 8.57. The molecule has 1 N–H and O–H groups in total. The predicted octanol–water partition coefficient (Wildman–Crippen LogP) is 4.20. The normalized spacial score (nSPS) is 13.7. The lowest BCUT2D eigenvalue weighted by Gasteiger charge is -2.21. The van der Waals surface area contributed by atoms with Gasteiger partial charge < -0.3 is 19.2 Å². The molecule has 1 unspecified atom stereocenters. The van der Waals surface area contributed by atoms with Crippen LogP contribution in [0.4, 0.5) is 8.78 Å². The first-order valence-electron chi connectivity index (χ1n) is 9.58. The Kier molecular flexibility index (Phi) is 5.65. The van der Waals surface area contributed by atoms with E-state index in [4.69, 9.17) is 13.9 Å². The second-order valence-electron chi connectivity index (χ2n) is 6.93. The number of benzene rings is 2. The highest BCUT2D eigenvalue weighted by Crippen LogP contribution is 2.32. The number of oxazole rings is 1. The van der Waals surface area contributed by atoms with Gasteiger partial charge in [-0.15, -0.1) is 0 Å². The molecular weight excluding hydrogens is 394 g/mol. The molecule has 1 aliphatic rings. The third-order valence-electron chi connectivity index (χ3n) is 4.76. The topological polar surface area (TPSA) is 73.6 Å². The van der Waals surface area contributed by atoms with Crippen molar-refractivity contribution in [3.8, 4) is 22.8 Å².